The van der Waals surface area contributed by atoms with E-state index in [-0.39, 0.29) is 11.6 Å². The molecule has 3 N–H and O–H groups in total. The van der Waals surface area contributed by atoms with Crippen LogP contribution < -0.4 is 16.2 Å². The summed E-state index contributed by atoms with van der Waals surface area (Å²) in [5.41, 5.74) is 5.39. The number of hydrogen-bond donors (Lipinski definition) is 3. The average molecular weight is 173 g/mol. The lowest BCUT2D eigenvalue weighted by Crippen LogP contribution is -2.67. The maximum Gasteiger partial charge on any atom is 0.303 e. The van der Waals surface area contributed by atoms with Gasteiger partial charge in [-0.3, -0.25) is 15.6 Å². The fraction of sp³-hybridized carbons (Fsp3) is 0.857. The fourth-order valence-electron chi connectivity index (χ4n) is 1.19. The Morgan fingerprint density at radius 3 is 2.67 bits per heavy atom. The van der Waals surface area contributed by atoms with E-state index in [9.17, 15) is 4.79 Å². The standard InChI is InChI=1S/C7H15N3O2/c1-6(11)12-7(3-9-4-7)5-10-8-2/h8-10H,3-5H2,1-2H3. The average Bonchev–Trinajstić information content (AvgIpc) is 1.94. The molecule has 12 heavy (non-hydrogen) atoms. The zero-order valence-corrected chi connectivity index (χ0v) is 7.44. The second kappa shape index (κ2) is 3.84. The topological polar surface area (TPSA) is 62.4 Å². The van der Waals surface area contributed by atoms with Crippen LogP contribution in [-0.4, -0.2) is 38.3 Å². The molecule has 0 aromatic carbocycles. The number of nitrogens with one attached hydrogen (secondary N) is 3. The number of carbonyl (C=O) groups excluding carboxylic acids is 1. The zero-order valence-electron chi connectivity index (χ0n) is 7.44. The summed E-state index contributed by atoms with van der Waals surface area (Å²) in [5, 5.41) is 3.07. The molecule has 0 spiro atoms. The highest BCUT2D eigenvalue weighted by Crippen LogP contribution is 2.15. The number of rotatable bonds is 4. The van der Waals surface area contributed by atoms with E-state index in [4.69, 9.17) is 4.74 Å². The van der Waals surface area contributed by atoms with Crippen molar-refractivity contribution in [3.63, 3.8) is 0 Å². The predicted octanol–water partition coefficient (Wildman–Crippen LogP) is -1.38. The molecule has 1 aliphatic rings. The largest absolute Gasteiger partial charge is 0.455 e. The van der Waals surface area contributed by atoms with E-state index in [1.165, 1.54) is 6.92 Å². The van der Waals surface area contributed by atoms with Crippen LogP contribution >= 0.6 is 0 Å². The van der Waals surface area contributed by atoms with E-state index in [0.29, 0.717) is 6.54 Å². The molecular weight excluding hydrogens is 158 g/mol. The highest BCUT2D eigenvalue weighted by atomic mass is 16.6. The van der Waals surface area contributed by atoms with Crippen LogP contribution in [0.1, 0.15) is 6.92 Å². The molecule has 0 bridgehead atoms. The van der Waals surface area contributed by atoms with E-state index in [2.05, 4.69) is 16.2 Å². The number of hydrazine groups is 1. The van der Waals surface area contributed by atoms with E-state index in [1.807, 2.05) is 0 Å². The van der Waals surface area contributed by atoms with Gasteiger partial charge in [0.05, 0.1) is 6.54 Å². The van der Waals surface area contributed by atoms with Crippen molar-refractivity contribution in [2.45, 2.75) is 12.5 Å². The molecule has 1 saturated heterocycles. The van der Waals surface area contributed by atoms with Gasteiger partial charge < -0.3 is 10.1 Å². The smallest absolute Gasteiger partial charge is 0.303 e. The van der Waals surface area contributed by atoms with Gasteiger partial charge >= 0.3 is 5.97 Å². The van der Waals surface area contributed by atoms with Crippen LogP contribution in [0.4, 0.5) is 0 Å². The molecular formula is C7H15N3O2. The molecule has 5 heteroatoms. The Kier molecular flexibility index (Phi) is 3.02. The summed E-state index contributed by atoms with van der Waals surface area (Å²) in [6, 6.07) is 0. The van der Waals surface area contributed by atoms with E-state index < -0.39 is 0 Å². The van der Waals surface area contributed by atoms with Crippen molar-refractivity contribution in [3.05, 3.63) is 0 Å². The molecule has 0 aromatic heterocycles. The van der Waals surface area contributed by atoms with Gasteiger partial charge in [0.1, 0.15) is 0 Å². The number of carbonyl (C=O) groups is 1. The first-order chi connectivity index (χ1) is 5.68. The van der Waals surface area contributed by atoms with Crippen molar-refractivity contribution in [1.82, 2.24) is 16.2 Å². The van der Waals surface area contributed by atoms with Gasteiger partial charge in [-0.05, 0) is 7.05 Å². The van der Waals surface area contributed by atoms with Crippen molar-refractivity contribution >= 4 is 5.97 Å². The molecule has 0 atom stereocenters. The first kappa shape index (κ1) is 9.44. The molecule has 1 heterocycles. The number of esters is 1. The van der Waals surface area contributed by atoms with E-state index >= 15 is 0 Å². The molecule has 1 rings (SSSR count). The van der Waals surface area contributed by atoms with Crippen molar-refractivity contribution in [2.75, 3.05) is 26.7 Å². The Hall–Kier alpha value is -0.650. The van der Waals surface area contributed by atoms with Gasteiger partial charge in [0.15, 0.2) is 5.60 Å². The summed E-state index contributed by atoms with van der Waals surface area (Å²) < 4.78 is 5.17. The Labute approximate surface area is 71.8 Å². The first-order valence-electron chi connectivity index (χ1n) is 3.98. The molecule has 70 valence electrons. The van der Waals surface area contributed by atoms with Gasteiger partial charge in [0.2, 0.25) is 0 Å². The molecule has 5 nitrogen and oxygen atoms in total. The molecule has 1 fully saturated rings. The van der Waals surface area contributed by atoms with Crippen molar-refractivity contribution in [2.24, 2.45) is 0 Å². The second-order valence-corrected chi connectivity index (χ2v) is 2.98. The quantitative estimate of drug-likeness (QED) is 0.361. The molecule has 1 aliphatic heterocycles. The van der Waals surface area contributed by atoms with Gasteiger partial charge in [-0.25, -0.2) is 0 Å². The molecule has 0 unspecified atom stereocenters. The minimum absolute atomic E-state index is 0.227. The molecule has 0 radical (unpaired) electrons. The van der Waals surface area contributed by atoms with E-state index in [0.717, 1.165) is 13.1 Å². The van der Waals surface area contributed by atoms with Crippen LogP contribution in [0.25, 0.3) is 0 Å². The summed E-state index contributed by atoms with van der Waals surface area (Å²) in [6.07, 6.45) is 0. The van der Waals surface area contributed by atoms with Crippen LogP contribution in [-0.2, 0) is 9.53 Å². The minimum Gasteiger partial charge on any atom is -0.455 e. The van der Waals surface area contributed by atoms with Crippen LogP contribution in [0, 0.1) is 0 Å². The van der Waals surface area contributed by atoms with Crippen molar-refractivity contribution < 1.29 is 9.53 Å². The summed E-state index contributed by atoms with van der Waals surface area (Å²) in [5.74, 6) is -0.227. The van der Waals surface area contributed by atoms with Gasteiger partial charge in [0, 0.05) is 20.0 Å². The summed E-state index contributed by atoms with van der Waals surface area (Å²) in [4.78, 5) is 10.7. The molecule has 0 saturated carbocycles. The van der Waals surface area contributed by atoms with Crippen molar-refractivity contribution in [1.29, 1.82) is 0 Å². The lowest BCUT2D eigenvalue weighted by Gasteiger charge is -2.41. The molecule has 0 aliphatic carbocycles. The third kappa shape index (κ3) is 2.17. The Balaban J connectivity index is 2.34. The second-order valence-electron chi connectivity index (χ2n) is 2.98. The monoisotopic (exact) mass is 173 g/mol. The summed E-state index contributed by atoms with van der Waals surface area (Å²) >= 11 is 0. The first-order valence-corrected chi connectivity index (χ1v) is 3.98. The number of hydrogen-bond acceptors (Lipinski definition) is 5. The van der Waals surface area contributed by atoms with Crippen LogP contribution in [0.2, 0.25) is 0 Å². The Morgan fingerprint density at radius 1 is 1.67 bits per heavy atom. The SMILES string of the molecule is CNNCC1(OC(C)=O)CNC1. The fourth-order valence-corrected chi connectivity index (χ4v) is 1.19. The van der Waals surface area contributed by atoms with Crippen LogP contribution in [0.5, 0.6) is 0 Å². The van der Waals surface area contributed by atoms with E-state index in [1.54, 1.807) is 7.05 Å². The Morgan fingerprint density at radius 2 is 2.33 bits per heavy atom. The summed E-state index contributed by atoms with van der Waals surface area (Å²) in [7, 11) is 1.79. The number of ether oxygens (including phenoxy) is 1. The van der Waals surface area contributed by atoms with Gasteiger partial charge in [-0.2, -0.15) is 0 Å². The highest BCUT2D eigenvalue weighted by molar-refractivity contribution is 5.66. The van der Waals surface area contributed by atoms with Crippen LogP contribution in [0.3, 0.4) is 0 Å². The third-order valence-electron chi connectivity index (χ3n) is 1.84. The normalized spacial score (nSPS) is 19.8. The maximum atomic E-state index is 10.7. The summed E-state index contributed by atoms with van der Waals surface area (Å²) in [6.45, 7) is 3.51. The van der Waals surface area contributed by atoms with Gasteiger partial charge in [0.25, 0.3) is 0 Å². The molecule has 0 amide bonds. The Bertz CT molecular complexity index is 168. The zero-order chi connectivity index (χ0) is 9.03. The van der Waals surface area contributed by atoms with Crippen LogP contribution in [0.15, 0.2) is 0 Å². The van der Waals surface area contributed by atoms with Crippen molar-refractivity contribution in [3.8, 4) is 0 Å². The third-order valence-corrected chi connectivity index (χ3v) is 1.84. The maximum absolute atomic E-state index is 10.7. The van der Waals surface area contributed by atoms with Gasteiger partial charge in [-0.1, -0.05) is 0 Å². The highest BCUT2D eigenvalue weighted by Gasteiger charge is 2.39. The lowest BCUT2D eigenvalue weighted by atomic mass is 9.97. The predicted molar refractivity (Wildman–Crippen MR) is 44.4 cm³/mol. The lowest BCUT2D eigenvalue weighted by molar-refractivity contribution is -0.162. The minimum atomic E-state index is -0.338. The molecule has 0 aromatic rings. The van der Waals surface area contributed by atoms with Gasteiger partial charge in [-0.15, -0.1) is 0 Å².